The van der Waals surface area contributed by atoms with E-state index in [1.807, 2.05) is 26.0 Å². The van der Waals surface area contributed by atoms with Crippen molar-refractivity contribution in [2.24, 2.45) is 0 Å². The fourth-order valence-corrected chi connectivity index (χ4v) is 2.15. The van der Waals surface area contributed by atoms with E-state index in [9.17, 15) is 0 Å². The monoisotopic (exact) mass is 270 g/mol. The Morgan fingerprint density at radius 2 is 2.00 bits per heavy atom. The largest absolute Gasteiger partial charge is 0.364 e. The van der Waals surface area contributed by atoms with E-state index in [1.54, 1.807) is 12.4 Å². The SMILES string of the molecule is Cc1nc(-c2cccnc2)nc(NC2CNNC2)c1C. The molecule has 1 saturated heterocycles. The minimum absolute atomic E-state index is 0.338. The molecule has 0 saturated carbocycles. The standard InChI is InChI=1S/C14H18N6/c1-9-10(2)18-14(11-4-3-5-15-6-11)20-13(9)19-12-7-16-17-8-12/h3-6,12,16-17H,7-8H2,1-2H3,(H,18,19,20). The molecule has 3 rings (SSSR count). The predicted molar refractivity (Wildman–Crippen MR) is 78.2 cm³/mol. The summed E-state index contributed by atoms with van der Waals surface area (Å²) in [5.41, 5.74) is 9.22. The number of hydrazine groups is 1. The Morgan fingerprint density at radius 3 is 2.70 bits per heavy atom. The van der Waals surface area contributed by atoms with Crippen molar-refractivity contribution >= 4 is 5.82 Å². The molecule has 2 aromatic heterocycles. The highest BCUT2D eigenvalue weighted by atomic mass is 15.4. The molecule has 6 nitrogen and oxygen atoms in total. The lowest BCUT2D eigenvalue weighted by molar-refractivity contribution is 0.689. The van der Waals surface area contributed by atoms with Gasteiger partial charge in [0.05, 0.1) is 6.04 Å². The van der Waals surface area contributed by atoms with Crippen LogP contribution in [0.25, 0.3) is 11.4 Å². The summed E-state index contributed by atoms with van der Waals surface area (Å²) in [6.45, 7) is 5.81. The first kappa shape index (κ1) is 13.0. The summed E-state index contributed by atoms with van der Waals surface area (Å²) in [6, 6.07) is 4.20. The molecular weight excluding hydrogens is 252 g/mol. The van der Waals surface area contributed by atoms with E-state index in [1.165, 1.54) is 0 Å². The molecule has 6 heteroatoms. The summed E-state index contributed by atoms with van der Waals surface area (Å²) in [7, 11) is 0. The molecule has 0 atom stereocenters. The third-order valence-corrected chi connectivity index (χ3v) is 3.47. The number of pyridine rings is 1. The van der Waals surface area contributed by atoms with Crippen molar-refractivity contribution in [3.63, 3.8) is 0 Å². The molecule has 0 unspecified atom stereocenters. The molecule has 3 heterocycles. The third kappa shape index (κ3) is 2.61. The van der Waals surface area contributed by atoms with Crippen LogP contribution >= 0.6 is 0 Å². The molecule has 1 fully saturated rings. The Kier molecular flexibility index (Phi) is 3.58. The third-order valence-electron chi connectivity index (χ3n) is 3.47. The van der Waals surface area contributed by atoms with Crippen molar-refractivity contribution in [1.82, 2.24) is 25.8 Å². The van der Waals surface area contributed by atoms with Gasteiger partial charge in [0.1, 0.15) is 5.82 Å². The number of aromatic nitrogens is 3. The second-order valence-electron chi connectivity index (χ2n) is 4.95. The minimum atomic E-state index is 0.338. The Morgan fingerprint density at radius 1 is 1.20 bits per heavy atom. The van der Waals surface area contributed by atoms with Crippen LogP contribution in [0.15, 0.2) is 24.5 Å². The maximum atomic E-state index is 4.65. The van der Waals surface area contributed by atoms with E-state index in [-0.39, 0.29) is 0 Å². The average Bonchev–Trinajstić information content (AvgIpc) is 2.97. The van der Waals surface area contributed by atoms with Gasteiger partial charge in [0.25, 0.3) is 0 Å². The van der Waals surface area contributed by atoms with E-state index < -0.39 is 0 Å². The molecule has 1 aliphatic rings. The highest BCUT2D eigenvalue weighted by molar-refractivity contribution is 5.58. The first-order valence-electron chi connectivity index (χ1n) is 6.72. The van der Waals surface area contributed by atoms with E-state index in [0.29, 0.717) is 11.9 Å². The molecule has 0 aliphatic carbocycles. The van der Waals surface area contributed by atoms with Crippen molar-refractivity contribution in [2.75, 3.05) is 18.4 Å². The highest BCUT2D eigenvalue weighted by Gasteiger charge is 2.17. The van der Waals surface area contributed by atoms with Gasteiger partial charge in [-0.05, 0) is 26.0 Å². The maximum absolute atomic E-state index is 4.65. The molecule has 0 spiro atoms. The van der Waals surface area contributed by atoms with Gasteiger partial charge >= 0.3 is 0 Å². The van der Waals surface area contributed by atoms with Crippen molar-refractivity contribution < 1.29 is 0 Å². The lowest BCUT2D eigenvalue weighted by atomic mass is 10.2. The van der Waals surface area contributed by atoms with Gasteiger partial charge in [0.2, 0.25) is 0 Å². The lowest BCUT2D eigenvalue weighted by Gasteiger charge is -2.15. The molecular formula is C14H18N6. The van der Waals surface area contributed by atoms with Crippen LogP contribution in [0.2, 0.25) is 0 Å². The summed E-state index contributed by atoms with van der Waals surface area (Å²) < 4.78 is 0. The average molecular weight is 270 g/mol. The van der Waals surface area contributed by atoms with Crippen LogP contribution in [-0.4, -0.2) is 34.1 Å². The van der Waals surface area contributed by atoms with Gasteiger partial charge < -0.3 is 5.32 Å². The molecule has 1 aliphatic heterocycles. The number of anilines is 1. The van der Waals surface area contributed by atoms with Crippen LogP contribution < -0.4 is 16.2 Å². The van der Waals surface area contributed by atoms with E-state index in [0.717, 1.165) is 35.7 Å². The lowest BCUT2D eigenvalue weighted by Crippen LogP contribution is -2.26. The zero-order chi connectivity index (χ0) is 13.9. The molecule has 0 radical (unpaired) electrons. The molecule has 0 bridgehead atoms. The fraction of sp³-hybridized carbons (Fsp3) is 0.357. The van der Waals surface area contributed by atoms with E-state index in [4.69, 9.17) is 0 Å². The number of hydrogen-bond acceptors (Lipinski definition) is 6. The van der Waals surface area contributed by atoms with Gasteiger partial charge in [-0.2, -0.15) is 0 Å². The summed E-state index contributed by atoms with van der Waals surface area (Å²) in [5.74, 6) is 1.61. The summed E-state index contributed by atoms with van der Waals surface area (Å²) in [4.78, 5) is 13.3. The normalized spacial score (nSPS) is 15.5. The Hall–Kier alpha value is -2.05. The smallest absolute Gasteiger partial charge is 0.163 e. The van der Waals surface area contributed by atoms with Crippen molar-refractivity contribution in [1.29, 1.82) is 0 Å². The van der Waals surface area contributed by atoms with Crippen LogP contribution in [-0.2, 0) is 0 Å². The summed E-state index contributed by atoms with van der Waals surface area (Å²) in [6.07, 6.45) is 3.53. The summed E-state index contributed by atoms with van der Waals surface area (Å²) >= 11 is 0. The predicted octanol–water partition coefficient (Wildman–Crippen LogP) is 1.04. The van der Waals surface area contributed by atoms with Crippen LogP contribution in [0.3, 0.4) is 0 Å². The van der Waals surface area contributed by atoms with Crippen LogP contribution in [0.5, 0.6) is 0 Å². The summed E-state index contributed by atoms with van der Waals surface area (Å²) in [5, 5.41) is 3.46. The van der Waals surface area contributed by atoms with Gasteiger partial charge in [-0.3, -0.25) is 15.8 Å². The quantitative estimate of drug-likeness (QED) is 0.774. The minimum Gasteiger partial charge on any atom is -0.364 e. The zero-order valence-corrected chi connectivity index (χ0v) is 11.6. The molecule has 0 aromatic carbocycles. The van der Waals surface area contributed by atoms with Gasteiger partial charge in [-0.15, -0.1) is 0 Å². The van der Waals surface area contributed by atoms with Crippen molar-refractivity contribution in [2.45, 2.75) is 19.9 Å². The Labute approximate surface area is 118 Å². The first-order valence-corrected chi connectivity index (χ1v) is 6.72. The second-order valence-corrected chi connectivity index (χ2v) is 4.95. The number of rotatable bonds is 3. The Bertz CT molecular complexity index is 592. The Balaban J connectivity index is 1.94. The maximum Gasteiger partial charge on any atom is 0.163 e. The van der Waals surface area contributed by atoms with Crippen molar-refractivity contribution in [3.8, 4) is 11.4 Å². The topological polar surface area (TPSA) is 74.8 Å². The van der Waals surface area contributed by atoms with Crippen LogP contribution in [0, 0.1) is 13.8 Å². The number of nitrogens with zero attached hydrogens (tertiary/aromatic N) is 3. The van der Waals surface area contributed by atoms with Crippen LogP contribution in [0.1, 0.15) is 11.3 Å². The highest BCUT2D eigenvalue weighted by Crippen LogP contribution is 2.21. The van der Waals surface area contributed by atoms with Gasteiger partial charge in [0, 0.05) is 42.3 Å². The second kappa shape index (κ2) is 5.52. The molecule has 20 heavy (non-hydrogen) atoms. The molecule has 3 N–H and O–H groups in total. The van der Waals surface area contributed by atoms with E-state index in [2.05, 4.69) is 31.1 Å². The first-order chi connectivity index (χ1) is 9.74. The number of aryl methyl sites for hydroxylation is 1. The number of hydrogen-bond donors (Lipinski definition) is 3. The van der Waals surface area contributed by atoms with E-state index >= 15 is 0 Å². The molecule has 104 valence electrons. The number of nitrogens with one attached hydrogen (secondary N) is 3. The zero-order valence-electron chi connectivity index (χ0n) is 11.6. The van der Waals surface area contributed by atoms with Gasteiger partial charge in [0.15, 0.2) is 5.82 Å². The molecule has 0 amide bonds. The van der Waals surface area contributed by atoms with Crippen molar-refractivity contribution in [3.05, 3.63) is 35.8 Å². The van der Waals surface area contributed by atoms with Gasteiger partial charge in [-0.1, -0.05) is 0 Å². The molecule has 2 aromatic rings. The fourth-order valence-electron chi connectivity index (χ4n) is 2.15. The van der Waals surface area contributed by atoms with Gasteiger partial charge in [-0.25, -0.2) is 9.97 Å². The van der Waals surface area contributed by atoms with Crippen LogP contribution in [0.4, 0.5) is 5.82 Å².